The van der Waals surface area contributed by atoms with Gasteiger partial charge in [-0.25, -0.2) is 9.59 Å². The fourth-order valence-corrected chi connectivity index (χ4v) is 4.74. The van der Waals surface area contributed by atoms with Gasteiger partial charge in [0, 0.05) is 12.5 Å². The van der Waals surface area contributed by atoms with Crippen LogP contribution in [0, 0.1) is 5.92 Å². The molecule has 34 heavy (non-hydrogen) atoms. The van der Waals surface area contributed by atoms with E-state index >= 15 is 0 Å². The van der Waals surface area contributed by atoms with Crippen LogP contribution in [0.5, 0.6) is 0 Å². The Morgan fingerprint density at radius 1 is 1.09 bits per heavy atom. The number of fused-ring (bicyclic) bond motifs is 3. The lowest BCUT2D eigenvalue weighted by Gasteiger charge is -2.37. The van der Waals surface area contributed by atoms with E-state index in [0.717, 1.165) is 22.3 Å². The molecule has 0 bridgehead atoms. The number of carboxylic acid groups (broad SMARTS) is 1. The molecule has 0 spiro atoms. The zero-order valence-corrected chi connectivity index (χ0v) is 18.7. The molecule has 2 N–H and O–H groups in total. The van der Waals surface area contributed by atoms with Gasteiger partial charge in [0.2, 0.25) is 0 Å². The van der Waals surface area contributed by atoms with Crippen molar-refractivity contribution in [3.63, 3.8) is 0 Å². The van der Waals surface area contributed by atoms with Gasteiger partial charge in [0.05, 0.1) is 6.54 Å². The molecule has 4 rings (SSSR count). The molecule has 1 saturated heterocycles. The summed E-state index contributed by atoms with van der Waals surface area (Å²) in [7, 11) is 0. The summed E-state index contributed by atoms with van der Waals surface area (Å²) in [4.78, 5) is 36.8. The fourth-order valence-electron chi connectivity index (χ4n) is 4.74. The maximum absolute atomic E-state index is 14.6. The Balaban J connectivity index is 1.36. The second-order valence-corrected chi connectivity index (χ2v) is 8.87. The van der Waals surface area contributed by atoms with Crippen LogP contribution in [-0.4, -0.2) is 59.6 Å². The van der Waals surface area contributed by atoms with Crippen molar-refractivity contribution in [2.45, 2.75) is 37.6 Å². The Morgan fingerprint density at radius 3 is 2.26 bits per heavy atom. The van der Waals surface area contributed by atoms with Crippen molar-refractivity contribution in [2.75, 3.05) is 19.7 Å². The van der Waals surface area contributed by atoms with Gasteiger partial charge in [-0.2, -0.15) is 8.78 Å². The van der Waals surface area contributed by atoms with E-state index in [4.69, 9.17) is 4.74 Å². The van der Waals surface area contributed by atoms with Gasteiger partial charge in [0.1, 0.15) is 12.6 Å². The largest absolute Gasteiger partial charge is 0.480 e. The van der Waals surface area contributed by atoms with Crippen molar-refractivity contribution in [1.29, 1.82) is 0 Å². The van der Waals surface area contributed by atoms with Crippen LogP contribution in [0.2, 0.25) is 0 Å². The van der Waals surface area contributed by atoms with E-state index in [1.807, 2.05) is 60.8 Å². The van der Waals surface area contributed by atoms with Gasteiger partial charge in [-0.3, -0.25) is 4.79 Å². The molecule has 2 atom stereocenters. The van der Waals surface area contributed by atoms with Crippen molar-refractivity contribution in [2.24, 2.45) is 5.92 Å². The number of rotatable bonds is 6. The number of piperidine rings is 1. The number of hydrogen-bond donors (Lipinski definition) is 2. The van der Waals surface area contributed by atoms with Crippen molar-refractivity contribution in [3.8, 4) is 11.1 Å². The first-order valence-corrected chi connectivity index (χ1v) is 11.2. The van der Waals surface area contributed by atoms with Gasteiger partial charge in [-0.15, -0.1) is 0 Å². The highest BCUT2D eigenvalue weighted by Gasteiger charge is 2.47. The number of nitrogens with zero attached hydrogens (tertiary/aromatic N) is 1. The molecule has 1 aliphatic heterocycles. The molecule has 180 valence electrons. The molecule has 2 unspecified atom stereocenters. The maximum Gasteiger partial charge on any atom is 0.407 e. The number of carboxylic acids is 1. The molecule has 1 fully saturated rings. The van der Waals surface area contributed by atoms with Gasteiger partial charge < -0.3 is 20.1 Å². The number of amides is 2. The summed E-state index contributed by atoms with van der Waals surface area (Å²) in [5.41, 5.74) is 4.04. The van der Waals surface area contributed by atoms with E-state index in [1.54, 1.807) is 0 Å². The monoisotopic (exact) mass is 472 g/mol. The molecule has 2 amide bonds. The van der Waals surface area contributed by atoms with Crippen molar-refractivity contribution >= 4 is 18.0 Å². The highest BCUT2D eigenvalue weighted by Crippen LogP contribution is 2.44. The van der Waals surface area contributed by atoms with Gasteiger partial charge >= 0.3 is 18.0 Å². The quantitative estimate of drug-likeness (QED) is 0.666. The molecule has 7 nitrogen and oxygen atoms in total. The summed E-state index contributed by atoms with van der Waals surface area (Å²) in [6.07, 6.45) is -0.529. The van der Waals surface area contributed by atoms with Crippen molar-refractivity contribution in [3.05, 3.63) is 59.7 Å². The third-order valence-electron chi connectivity index (χ3n) is 6.52. The number of likely N-dealkylation sites (tertiary alicyclic amines) is 1. The third-order valence-corrected chi connectivity index (χ3v) is 6.52. The van der Waals surface area contributed by atoms with Crippen LogP contribution in [-0.2, 0) is 14.3 Å². The number of halogens is 2. The first kappa shape index (κ1) is 23.7. The minimum absolute atomic E-state index is 0.0118. The van der Waals surface area contributed by atoms with Crippen molar-refractivity contribution in [1.82, 2.24) is 10.2 Å². The summed E-state index contributed by atoms with van der Waals surface area (Å²) in [6.45, 7) is 0.414. The summed E-state index contributed by atoms with van der Waals surface area (Å²) in [6, 6.07) is 14.1. The van der Waals surface area contributed by atoms with E-state index < -0.39 is 36.5 Å². The standard InChI is InChI=1S/C25H26F2N2O5/c1-15-10-11-29(21(12-15)22(30)31)23(32)25(26,27)14-28-24(33)34-13-20-18-8-4-2-6-16(18)17-7-3-5-9-19(17)20/h2-9,15,20-21H,10-14H2,1H3,(H,28,33)(H,30,31). The van der Waals surface area contributed by atoms with Gasteiger partial charge in [-0.05, 0) is 41.0 Å². The Bertz CT molecular complexity index is 1060. The van der Waals surface area contributed by atoms with E-state index in [1.165, 1.54) is 0 Å². The summed E-state index contributed by atoms with van der Waals surface area (Å²) in [5, 5.41) is 11.3. The molecule has 9 heteroatoms. The average Bonchev–Trinajstić information content (AvgIpc) is 3.14. The molecule has 2 aromatic rings. The lowest BCUT2D eigenvalue weighted by molar-refractivity contribution is -0.167. The minimum atomic E-state index is -3.96. The number of nitrogens with one attached hydrogen (secondary N) is 1. The van der Waals surface area contributed by atoms with Crippen LogP contribution in [0.25, 0.3) is 11.1 Å². The molecule has 1 heterocycles. The number of alkyl halides is 2. The number of alkyl carbamates (subject to hydrolysis) is 1. The zero-order valence-electron chi connectivity index (χ0n) is 18.7. The normalized spacial score (nSPS) is 19.8. The number of benzene rings is 2. The van der Waals surface area contributed by atoms with Gasteiger partial charge in [0.15, 0.2) is 0 Å². The van der Waals surface area contributed by atoms with Crippen LogP contribution in [0.15, 0.2) is 48.5 Å². The molecule has 1 aliphatic carbocycles. The highest BCUT2D eigenvalue weighted by atomic mass is 19.3. The predicted molar refractivity (Wildman–Crippen MR) is 120 cm³/mol. The first-order valence-electron chi connectivity index (χ1n) is 11.2. The Hall–Kier alpha value is -3.49. The van der Waals surface area contributed by atoms with E-state index in [9.17, 15) is 28.3 Å². The van der Waals surface area contributed by atoms with E-state index in [2.05, 4.69) is 0 Å². The number of carbonyl (C=O) groups excluding carboxylic acids is 2. The second kappa shape index (κ2) is 9.40. The second-order valence-electron chi connectivity index (χ2n) is 8.87. The number of ether oxygens (including phenoxy) is 1. The average molecular weight is 472 g/mol. The van der Waals surface area contributed by atoms with E-state index in [-0.39, 0.29) is 31.4 Å². The third kappa shape index (κ3) is 4.60. The summed E-state index contributed by atoms with van der Waals surface area (Å²) in [5.74, 6) is -7.10. The fraction of sp³-hybridized carbons (Fsp3) is 0.400. The molecular formula is C25H26F2N2O5. The lowest BCUT2D eigenvalue weighted by atomic mass is 9.92. The topological polar surface area (TPSA) is 95.9 Å². The van der Waals surface area contributed by atoms with Crippen LogP contribution < -0.4 is 5.32 Å². The Labute approximate surface area is 195 Å². The summed E-state index contributed by atoms with van der Waals surface area (Å²) >= 11 is 0. The maximum atomic E-state index is 14.6. The highest BCUT2D eigenvalue weighted by molar-refractivity contribution is 5.89. The lowest BCUT2D eigenvalue weighted by Crippen LogP contribution is -2.57. The van der Waals surface area contributed by atoms with Crippen molar-refractivity contribution < 1.29 is 33.0 Å². The predicted octanol–water partition coefficient (Wildman–Crippen LogP) is 3.87. The van der Waals surface area contributed by atoms with Gasteiger partial charge in [0.25, 0.3) is 5.91 Å². The molecule has 2 aromatic carbocycles. The molecule has 0 saturated carbocycles. The van der Waals surface area contributed by atoms with Crippen LogP contribution in [0.1, 0.15) is 36.8 Å². The Kier molecular flexibility index (Phi) is 6.54. The molecular weight excluding hydrogens is 446 g/mol. The molecule has 0 radical (unpaired) electrons. The Morgan fingerprint density at radius 2 is 1.68 bits per heavy atom. The minimum Gasteiger partial charge on any atom is -0.480 e. The number of carbonyl (C=O) groups is 3. The summed E-state index contributed by atoms with van der Waals surface area (Å²) < 4.78 is 34.4. The molecule has 0 aromatic heterocycles. The SMILES string of the molecule is CC1CCN(C(=O)C(F)(F)CNC(=O)OCC2c3ccccc3-c3ccccc32)C(C(=O)O)C1. The zero-order chi connectivity index (χ0) is 24.5. The van der Waals surface area contributed by atoms with Crippen LogP contribution in [0.4, 0.5) is 13.6 Å². The number of aliphatic carboxylic acids is 1. The van der Waals surface area contributed by atoms with E-state index in [0.29, 0.717) is 11.3 Å². The van der Waals surface area contributed by atoms with Gasteiger partial charge in [-0.1, -0.05) is 55.5 Å². The molecule has 2 aliphatic rings. The smallest absolute Gasteiger partial charge is 0.407 e. The van der Waals surface area contributed by atoms with Crippen LogP contribution >= 0.6 is 0 Å². The number of hydrogen-bond acceptors (Lipinski definition) is 4. The van der Waals surface area contributed by atoms with Crippen LogP contribution in [0.3, 0.4) is 0 Å². The first-order chi connectivity index (χ1) is 16.2.